The molecule has 0 aliphatic carbocycles. The van der Waals surface area contributed by atoms with Gasteiger partial charge in [-0.3, -0.25) is 19.7 Å². The number of aromatic amines is 3. The van der Waals surface area contributed by atoms with E-state index in [-0.39, 0.29) is 16.7 Å². The van der Waals surface area contributed by atoms with Crippen molar-refractivity contribution in [1.82, 2.24) is 19.9 Å². The number of imidazole rings is 1. The first kappa shape index (κ1) is 7.59. The molecule has 2 aromatic rings. The summed E-state index contributed by atoms with van der Waals surface area (Å²) in [5, 5.41) is 2.67. The molecule has 68 valence electrons. The number of aromatic nitrogens is 4. The highest BCUT2D eigenvalue weighted by molar-refractivity contribution is 5.69. The predicted molar refractivity (Wildman–Crippen MR) is 46.9 cm³/mol. The molecule has 0 spiro atoms. The van der Waals surface area contributed by atoms with Crippen LogP contribution in [-0.2, 0) is 0 Å². The van der Waals surface area contributed by atoms with E-state index in [4.69, 9.17) is 0 Å². The fourth-order valence-electron chi connectivity index (χ4n) is 1.05. The van der Waals surface area contributed by atoms with Crippen LogP contribution in [0.15, 0.2) is 9.59 Å². The van der Waals surface area contributed by atoms with Crippen molar-refractivity contribution < 1.29 is 0 Å². The molecule has 0 saturated carbocycles. The Balaban J connectivity index is 2.91. The Hall–Kier alpha value is -2.05. The number of fused-ring (bicyclic) bond motifs is 1. The standard InChI is InChI=1S/C6H7N5O2/c1-7-5-9-3-2(4(12)11-5)8-6(13)10-3/h1H3,(H4,7,8,9,10,11,12,13). The van der Waals surface area contributed by atoms with E-state index in [1.54, 1.807) is 7.05 Å². The Kier molecular flexibility index (Phi) is 1.44. The Labute approximate surface area is 71.2 Å². The van der Waals surface area contributed by atoms with Gasteiger partial charge in [0.15, 0.2) is 11.2 Å². The maximum atomic E-state index is 11.2. The molecule has 0 amide bonds. The molecule has 7 heteroatoms. The SMILES string of the molecule is CNc1nc2[nH]c(=O)[nH]c2c(=O)[nH]1. The maximum absolute atomic E-state index is 11.2. The van der Waals surface area contributed by atoms with Gasteiger partial charge in [0.25, 0.3) is 5.56 Å². The number of H-pyrrole nitrogens is 3. The van der Waals surface area contributed by atoms with Crippen molar-refractivity contribution in [2.24, 2.45) is 0 Å². The van der Waals surface area contributed by atoms with Gasteiger partial charge in [-0.2, -0.15) is 4.98 Å². The first-order valence-electron chi connectivity index (χ1n) is 3.61. The summed E-state index contributed by atoms with van der Waals surface area (Å²) in [5.74, 6) is 0.313. The Bertz CT molecular complexity index is 548. The lowest BCUT2D eigenvalue weighted by Crippen LogP contribution is -2.11. The quantitative estimate of drug-likeness (QED) is 0.451. The molecule has 0 saturated heterocycles. The van der Waals surface area contributed by atoms with Crippen molar-refractivity contribution in [3.8, 4) is 0 Å². The molecule has 0 radical (unpaired) electrons. The highest BCUT2D eigenvalue weighted by Gasteiger charge is 2.04. The minimum atomic E-state index is -0.443. The number of anilines is 1. The summed E-state index contributed by atoms with van der Waals surface area (Å²) < 4.78 is 0. The molecule has 2 rings (SSSR count). The summed E-state index contributed by atoms with van der Waals surface area (Å²) in [5.41, 5.74) is -0.420. The Morgan fingerprint density at radius 3 is 2.69 bits per heavy atom. The van der Waals surface area contributed by atoms with Gasteiger partial charge in [-0.1, -0.05) is 0 Å². The van der Waals surface area contributed by atoms with E-state index < -0.39 is 5.69 Å². The van der Waals surface area contributed by atoms with E-state index in [0.717, 1.165) is 0 Å². The van der Waals surface area contributed by atoms with Gasteiger partial charge in [0, 0.05) is 7.05 Å². The topological polar surface area (TPSA) is 106 Å². The largest absolute Gasteiger partial charge is 0.359 e. The van der Waals surface area contributed by atoms with E-state index >= 15 is 0 Å². The maximum Gasteiger partial charge on any atom is 0.325 e. The molecule has 2 heterocycles. The number of hydrogen-bond donors (Lipinski definition) is 4. The molecule has 0 aliphatic heterocycles. The molecule has 0 aliphatic rings. The average Bonchev–Trinajstić information content (AvgIpc) is 2.46. The van der Waals surface area contributed by atoms with E-state index in [2.05, 4.69) is 25.3 Å². The van der Waals surface area contributed by atoms with Crippen LogP contribution in [0.2, 0.25) is 0 Å². The first-order chi connectivity index (χ1) is 6.20. The van der Waals surface area contributed by atoms with Crippen LogP contribution in [0.25, 0.3) is 11.2 Å². The van der Waals surface area contributed by atoms with Gasteiger partial charge in [-0.15, -0.1) is 0 Å². The van der Waals surface area contributed by atoms with E-state index in [1.807, 2.05) is 0 Å². The number of rotatable bonds is 1. The zero-order valence-corrected chi connectivity index (χ0v) is 6.76. The number of nitrogens with zero attached hydrogens (tertiary/aromatic N) is 1. The summed E-state index contributed by atoms with van der Waals surface area (Å²) in [6, 6.07) is 0. The van der Waals surface area contributed by atoms with Crippen LogP contribution in [0.5, 0.6) is 0 Å². The van der Waals surface area contributed by atoms with Gasteiger partial charge in [0.1, 0.15) is 0 Å². The highest BCUT2D eigenvalue weighted by Crippen LogP contribution is 1.98. The molecule has 7 nitrogen and oxygen atoms in total. The fraction of sp³-hybridized carbons (Fsp3) is 0.167. The first-order valence-corrected chi connectivity index (χ1v) is 3.61. The smallest absolute Gasteiger partial charge is 0.325 e. The van der Waals surface area contributed by atoms with Gasteiger partial charge in [-0.05, 0) is 0 Å². The summed E-state index contributed by atoms with van der Waals surface area (Å²) in [7, 11) is 1.62. The van der Waals surface area contributed by atoms with E-state index in [0.29, 0.717) is 5.95 Å². The Morgan fingerprint density at radius 2 is 2.00 bits per heavy atom. The van der Waals surface area contributed by atoms with Crippen molar-refractivity contribution >= 4 is 17.1 Å². The van der Waals surface area contributed by atoms with Crippen LogP contribution >= 0.6 is 0 Å². The van der Waals surface area contributed by atoms with Gasteiger partial charge in [-0.25, -0.2) is 4.79 Å². The second-order valence-electron chi connectivity index (χ2n) is 2.47. The third-order valence-corrected chi connectivity index (χ3v) is 1.63. The minimum Gasteiger partial charge on any atom is -0.359 e. The van der Waals surface area contributed by atoms with Crippen molar-refractivity contribution in [2.75, 3.05) is 12.4 Å². The molecule has 0 aromatic carbocycles. The highest BCUT2D eigenvalue weighted by atomic mass is 16.1. The van der Waals surface area contributed by atoms with Crippen LogP contribution in [0.4, 0.5) is 5.95 Å². The minimum absolute atomic E-state index is 0.156. The van der Waals surface area contributed by atoms with Gasteiger partial charge in [0.2, 0.25) is 5.95 Å². The number of hydrogen-bond acceptors (Lipinski definition) is 4. The van der Waals surface area contributed by atoms with Gasteiger partial charge < -0.3 is 5.32 Å². The van der Waals surface area contributed by atoms with Gasteiger partial charge >= 0.3 is 5.69 Å². The monoisotopic (exact) mass is 181 g/mol. The summed E-state index contributed by atoms with van der Waals surface area (Å²) in [4.78, 5) is 33.2. The third-order valence-electron chi connectivity index (χ3n) is 1.63. The molecule has 0 bridgehead atoms. The second kappa shape index (κ2) is 2.47. The molecule has 0 atom stereocenters. The van der Waals surface area contributed by atoms with Crippen molar-refractivity contribution in [3.05, 3.63) is 20.8 Å². The Morgan fingerprint density at radius 1 is 1.23 bits per heavy atom. The molecular weight excluding hydrogens is 174 g/mol. The fourth-order valence-corrected chi connectivity index (χ4v) is 1.05. The zero-order chi connectivity index (χ0) is 9.42. The van der Waals surface area contributed by atoms with Crippen molar-refractivity contribution in [1.29, 1.82) is 0 Å². The molecule has 0 unspecified atom stereocenters. The average molecular weight is 181 g/mol. The molecule has 4 N–H and O–H groups in total. The third kappa shape index (κ3) is 1.10. The molecular formula is C6H7N5O2. The lowest BCUT2D eigenvalue weighted by atomic mass is 10.5. The van der Waals surface area contributed by atoms with Crippen LogP contribution in [0.3, 0.4) is 0 Å². The molecule has 0 fully saturated rings. The van der Waals surface area contributed by atoms with Crippen LogP contribution in [-0.4, -0.2) is 27.0 Å². The van der Waals surface area contributed by atoms with Crippen LogP contribution in [0.1, 0.15) is 0 Å². The summed E-state index contributed by atoms with van der Waals surface area (Å²) in [6.07, 6.45) is 0. The second-order valence-corrected chi connectivity index (χ2v) is 2.47. The lowest BCUT2D eigenvalue weighted by molar-refractivity contribution is 1.14. The van der Waals surface area contributed by atoms with Gasteiger partial charge in [0.05, 0.1) is 0 Å². The van der Waals surface area contributed by atoms with E-state index in [9.17, 15) is 9.59 Å². The summed E-state index contributed by atoms with van der Waals surface area (Å²) >= 11 is 0. The lowest BCUT2D eigenvalue weighted by Gasteiger charge is -1.96. The molecule has 13 heavy (non-hydrogen) atoms. The van der Waals surface area contributed by atoms with Crippen LogP contribution < -0.4 is 16.6 Å². The van der Waals surface area contributed by atoms with Crippen molar-refractivity contribution in [2.45, 2.75) is 0 Å². The normalized spacial score (nSPS) is 10.5. The zero-order valence-electron chi connectivity index (χ0n) is 6.76. The number of nitrogens with one attached hydrogen (secondary N) is 4. The van der Waals surface area contributed by atoms with Crippen molar-refractivity contribution in [3.63, 3.8) is 0 Å². The van der Waals surface area contributed by atoms with E-state index in [1.165, 1.54) is 0 Å². The predicted octanol–water partition coefficient (Wildman–Crippen LogP) is -1.02. The summed E-state index contributed by atoms with van der Waals surface area (Å²) in [6.45, 7) is 0. The molecule has 2 aromatic heterocycles. The van der Waals surface area contributed by atoms with Crippen LogP contribution in [0, 0.1) is 0 Å².